The second kappa shape index (κ2) is 2.78. The SMILES string of the molecule is CC(C)=C1SC(C)(C)OC1(C)C. The van der Waals surface area contributed by atoms with E-state index in [1.165, 1.54) is 10.5 Å². The molecule has 0 aliphatic carbocycles. The van der Waals surface area contributed by atoms with Crippen molar-refractivity contribution in [2.24, 2.45) is 0 Å². The van der Waals surface area contributed by atoms with Gasteiger partial charge in [0.1, 0.15) is 4.93 Å². The smallest absolute Gasteiger partial charge is 0.113 e. The number of thioether (sulfide) groups is 1. The monoisotopic (exact) mass is 186 g/mol. The Balaban J connectivity index is 3.01. The van der Waals surface area contributed by atoms with Gasteiger partial charge in [-0.15, -0.1) is 0 Å². The van der Waals surface area contributed by atoms with Crippen LogP contribution in [0.3, 0.4) is 0 Å². The lowest BCUT2D eigenvalue weighted by atomic mass is 10.1. The highest BCUT2D eigenvalue weighted by molar-refractivity contribution is 8.04. The van der Waals surface area contributed by atoms with Crippen molar-refractivity contribution >= 4 is 11.8 Å². The predicted molar refractivity (Wildman–Crippen MR) is 55.2 cm³/mol. The summed E-state index contributed by atoms with van der Waals surface area (Å²) >= 11 is 1.84. The van der Waals surface area contributed by atoms with Gasteiger partial charge in [-0.2, -0.15) is 0 Å². The van der Waals surface area contributed by atoms with Gasteiger partial charge in [-0.3, -0.25) is 0 Å². The molecule has 0 saturated carbocycles. The summed E-state index contributed by atoms with van der Waals surface area (Å²) in [6, 6.07) is 0. The molecule has 1 rings (SSSR count). The molecule has 1 fully saturated rings. The third-order valence-electron chi connectivity index (χ3n) is 1.85. The van der Waals surface area contributed by atoms with Crippen molar-refractivity contribution in [3.8, 4) is 0 Å². The minimum absolute atomic E-state index is 0.0594. The Labute approximate surface area is 79.6 Å². The lowest BCUT2D eigenvalue weighted by molar-refractivity contribution is -0.0317. The van der Waals surface area contributed by atoms with Crippen LogP contribution in [0.25, 0.3) is 0 Å². The van der Waals surface area contributed by atoms with Gasteiger partial charge in [0, 0.05) is 4.91 Å². The molecule has 0 unspecified atom stereocenters. The minimum atomic E-state index is -0.0903. The van der Waals surface area contributed by atoms with Crippen LogP contribution in [0.15, 0.2) is 10.5 Å². The molecular weight excluding hydrogens is 168 g/mol. The summed E-state index contributed by atoms with van der Waals surface area (Å²) in [4.78, 5) is 1.32. The van der Waals surface area contributed by atoms with E-state index in [0.717, 1.165) is 0 Å². The van der Waals surface area contributed by atoms with E-state index in [0.29, 0.717) is 0 Å². The maximum Gasteiger partial charge on any atom is 0.113 e. The van der Waals surface area contributed by atoms with Gasteiger partial charge >= 0.3 is 0 Å². The van der Waals surface area contributed by atoms with Crippen LogP contribution in [0.2, 0.25) is 0 Å². The largest absolute Gasteiger partial charge is 0.353 e. The fraction of sp³-hybridized carbons (Fsp3) is 0.800. The van der Waals surface area contributed by atoms with Gasteiger partial charge in [-0.25, -0.2) is 0 Å². The van der Waals surface area contributed by atoms with Gasteiger partial charge in [0.2, 0.25) is 0 Å². The first kappa shape index (κ1) is 10.1. The molecule has 1 nitrogen and oxygen atoms in total. The Hall–Kier alpha value is 0.0500. The lowest BCUT2D eigenvalue weighted by Gasteiger charge is -2.22. The van der Waals surface area contributed by atoms with E-state index in [4.69, 9.17) is 4.74 Å². The Kier molecular flexibility index (Phi) is 2.34. The van der Waals surface area contributed by atoms with E-state index in [2.05, 4.69) is 41.5 Å². The Morgan fingerprint density at radius 3 is 1.83 bits per heavy atom. The first-order chi connectivity index (χ1) is 5.25. The highest BCUT2D eigenvalue weighted by Crippen LogP contribution is 2.51. The molecule has 0 spiro atoms. The fourth-order valence-electron chi connectivity index (χ4n) is 1.75. The third-order valence-corrected chi connectivity index (χ3v) is 3.53. The highest BCUT2D eigenvalue weighted by atomic mass is 32.2. The molecule has 1 saturated heterocycles. The van der Waals surface area contributed by atoms with E-state index in [-0.39, 0.29) is 10.5 Å². The molecule has 0 aromatic rings. The van der Waals surface area contributed by atoms with Crippen LogP contribution in [0.1, 0.15) is 41.5 Å². The topological polar surface area (TPSA) is 9.23 Å². The zero-order valence-corrected chi connectivity index (χ0v) is 9.63. The van der Waals surface area contributed by atoms with Crippen LogP contribution < -0.4 is 0 Å². The molecule has 12 heavy (non-hydrogen) atoms. The summed E-state index contributed by atoms with van der Waals surface area (Å²) in [6.07, 6.45) is 0. The van der Waals surface area contributed by atoms with Gasteiger partial charge in [0.05, 0.1) is 5.60 Å². The molecule has 0 radical (unpaired) electrons. The summed E-state index contributed by atoms with van der Waals surface area (Å²) < 4.78 is 5.92. The average Bonchev–Trinajstić information content (AvgIpc) is 1.99. The normalized spacial score (nSPS) is 26.0. The van der Waals surface area contributed by atoms with Crippen molar-refractivity contribution in [3.63, 3.8) is 0 Å². The van der Waals surface area contributed by atoms with Crippen LogP contribution >= 0.6 is 11.8 Å². The quantitative estimate of drug-likeness (QED) is 0.572. The lowest BCUT2D eigenvalue weighted by Crippen LogP contribution is -2.26. The molecule has 0 N–H and O–H groups in total. The standard InChI is InChI=1S/C10H18OS/c1-7(2)8-9(3,4)11-10(5,6)12-8/h1-6H3. The predicted octanol–water partition coefficient (Wildman–Crippen LogP) is 3.56. The van der Waals surface area contributed by atoms with E-state index < -0.39 is 0 Å². The Bertz CT molecular complexity index is 222. The molecule has 70 valence electrons. The third kappa shape index (κ3) is 1.86. The van der Waals surface area contributed by atoms with Gasteiger partial charge in [-0.05, 0) is 41.5 Å². The van der Waals surface area contributed by atoms with Gasteiger partial charge < -0.3 is 4.74 Å². The number of hydrogen-bond acceptors (Lipinski definition) is 2. The van der Waals surface area contributed by atoms with Gasteiger partial charge in [-0.1, -0.05) is 17.3 Å². The van der Waals surface area contributed by atoms with Crippen molar-refractivity contribution in [1.82, 2.24) is 0 Å². The van der Waals surface area contributed by atoms with Crippen LogP contribution in [0.5, 0.6) is 0 Å². The molecule has 0 atom stereocenters. The van der Waals surface area contributed by atoms with Crippen molar-refractivity contribution in [1.29, 1.82) is 0 Å². The summed E-state index contributed by atoms with van der Waals surface area (Å²) in [7, 11) is 0. The number of allylic oxidation sites excluding steroid dienone is 1. The van der Waals surface area contributed by atoms with Crippen molar-refractivity contribution < 1.29 is 4.74 Å². The Morgan fingerprint density at radius 1 is 1.17 bits per heavy atom. The van der Waals surface area contributed by atoms with Crippen LogP contribution in [-0.2, 0) is 4.74 Å². The average molecular weight is 186 g/mol. The van der Waals surface area contributed by atoms with Crippen molar-refractivity contribution in [2.75, 3.05) is 0 Å². The highest BCUT2D eigenvalue weighted by Gasteiger charge is 2.42. The summed E-state index contributed by atoms with van der Waals surface area (Å²) in [5.41, 5.74) is 1.28. The molecule has 0 aromatic heterocycles. The van der Waals surface area contributed by atoms with Crippen LogP contribution in [0, 0.1) is 0 Å². The maximum atomic E-state index is 5.92. The fourth-order valence-corrected chi connectivity index (χ4v) is 2.99. The van der Waals surface area contributed by atoms with Gasteiger partial charge in [0.15, 0.2) is 0 Å². The summed E-state index contributed by atoms with van der Waals surface area (Å²) in [5, 5.41) is 0. The van der Waals surface area contributed by atoms with E-state index >= 15 is 0 Å². The first-order valence-corrected chi connectivity index (χ1v) is 5.13. The van der Waals surface area contributed by atoms with Crippen molar-refractivity contribution in [2.45, 2.75) is 52.1 Å². The number of ether oxygens (including phenoxy) is 1. The summed E-state index contributed by atoms with van der Waals surface area (Å²) in [6.45, 7) is 12.8. The first-order valence-electron chi connectivity index (χ1n) is 4.32. The van der Waals surface area contributed by atoms with Crippen LogP contribution in [0.4, 0.5) is 0 Å². The van der Waals surface area contributed by atoms with Gasteiger partial charge in [0.25, 0.3) is 0 Å². The summed E-state index contributed by atoms with van der Waals surface area (Å²) in [5.74, 6) is 0. The number of hydrogen-bond donors (Lipinski definition) is 0. The second-order valence-electron chi connectivity index (χ2n) is 4.44. The molecule has 0 aromatic carbocycles. The zero-order chi connectivity index (χ0) is 9.57. The molecule has 2 heteroatoms. The Morgan fingerprint density at radius 2 is 1.67 bits per heavy atom. The maximum absolute atomic E-state index is 5.92. The zero-order valence-electron chi connectivity index (χ0n) is 8.82. The molecule has 0 amide bonds. The second-order valence-corrected chi connectivity index (χ2v) is 6.04. The van der Waals surface area contributed by atoms with Crippen LogP contribution in [-0.4, -0.2) is 10.5 Å². The molecule has 1 heterocycles. The molecule has 1 aliphatic rings. The molecule has 1 aliphatic heterocycles. The minimum Gasteiger partial charge on any atom is -0.353 e. The van der Waals surface area contributed by atoms with E-state index in [1.807, 2.05) is 11.8 Å². The molecular formula is C10H18OS. The van der Waals surface area contributed by atoms with Crippen molar-refractivity contribution in [3.05, 3.63) is 10.5 Å². The molecule has 0 bridgehead atoms. The number of rotatable bonds is 0. The van der Waals surface area contributed by atoms with E-state index in [9.17, 15) is 0 Å². The van der Waals surface area contributed by atoms with E-state index in [1.54, 1.807) is 0 Å².